The summed E-state index contributed by atoms with van der Waals surface area (Å²) in [6.45, 7) is 8.15. The molecule has 0 aliphatic heterocycles. The van der Waals surface area contributed by atoms with E-state index in [9.17, 15) is 0 Å². The van der Waals surface area contributed by atoms with Gasteiger partial charge in [0.2, 0.25) is 5.65 Å². The molecule has 2 aromatic heterocycles. The number of hydrogen-bond acceptors (Lipinski definition) is 3. The van der Waals surface area contributed by atoms with Crippen LogP contribution in [-0.4, -0.2) is 21.0 Å². The third-order valence-corrected chi connectivity index (χ3v) is 2.60. The molecule has 0 bridgehead atoms. The van der Waals surface area contributed by atoms with Crippen molar-refractivity contribution >= 4 is 17.2 Å². The van der Waals surface area contributed by atoms with Gasteiger partial charge >= 0.3 is 5.95 Å². The van der Waals surface area contributed by atoms with Crippen LogP contribution in [0.15, 0.2) is 0 Å². The smallest absolute Gasteiger partial charge is 0.295 e. The third-order valence-electron chi connectivity index (χ3n) is 2.60. The molecule has 0 unspecified atom stereocenters. The second-order valence-corrected chi connectivity index (χ2v) is 4.40. The van der Waals surface area contributed by atoms with Crippen LogP contribution in [0.25, 0.3) is 11.3 Å². The van der Waals surface area contributed by atoms with Gasteiger partial charge in [0.1, 0.15) is 5.69 Å². The first-order valence-electron chi connectivity index (χ1n) is 5.48. The predicted octanol–water partition coefficient (Wildman–Crippen LogP) is 1.22. The highest BCUT2D eigenvalue weighted by molar-refractivity contribution is 5.64. The molecule has 16 heavy (non-hydrogen) atoms. The van der Waals surface area contributed by atoms with Gasteiger partial charge in [0, 0.05) is 0 Å². The number of H-pyrrole nitrogens is 1. The molecule has 0 radical (unpaired) electrons. The van der Waals surface area contributed by atoms with Crippen LogP contribution in [0.4, 0.5) is 5.95 Å². The van der Waals surface area contributed by atoms with Crippen LogP contribution in [0.5, 0.6) is 0 Å². The van der Waals surface area contributed by atoms with Gasteiger partial charge in [0.05, 0.1) is 18.8 Å². The van der Waals surface area contributed by atoms with Crippen LogP contribution in [0.3, 0.4) is 0 Å². The molecule has 0 saturated heterocycles. The monoisotopic (exact) mass is 220 g/mol. The van der Waals surface area contributed by atoms with Crippen molar-refractivity contribution in [3.63, 3.8) is 0 Å². The summed E-state index contributed by atoms with van der Waals surface area (Å²) in [6, 6.07) is 0.376. The van der Waals surface area contributed by atoms with E-state index >= 15 is 0 Å². The SMILES string of the molecule is Cc1nc2[nH]c(NC(C)C)[n+](C)c2nc1C. The van der Waals surface area contributed by atoms with Gasteiger partial charge in [-0.1, -0.05) is 0 Å². The van der Waals surface area contributed by atoms with Crippen LogP contribution in [-0.2, 0) is 7.05 Å². The largest absolute Gasteiger partial charge is 0.316 e. The van der Waals surface area contributed by atoms with Crippen molar-refractivity contribution in [3.8, 4) is 0 Å². The zero-order valence-corrected chi connectivity index (χ0v) is 10.4. The highest BCUT2D eigenvalue weighted by Gasteiger charge is 2.18. The number of aromatic nitrogens is 4. The number of aryl methyl sites for hydroxylation is 3. The number of imidazole rings is 1. The molecule has 86 valence electrons. The summed E-state index contributed by atoms with van der Waals surface area (Å²) in [6.07, 6.45) is 0. The topological polar surface area (TPSA) is 57.5 Å². The number of fused-ring (bicyclic) bond motifs is 1. The predicted molar refractivity (Wildman–Crippen MR) is 63.3 cm³/mol. The van der Waals surface area contributed by atoms with Crippen molar-refractivity contribution in [1.29, 1.82) is 0 Å². The summed E-state index contributed by atoms with van der Waals surface area (Å²) >= 11 is 0. The van der Waals surface area contributed by atoms with E-state index in [1.807, 2.05) is 25.5 Å². The Balaban J connectivity index is 2.59. The van der Waals surface area contributed by atoms with E-state index in [2.05, 4.69) is 34.1 Å². The first-order valence-corrected chi connectivity index (χ1v) is 5.48. The Labute approximate surface area is 94.9 Å². The molecule has 0 aromatic carbocycles. The maximum absolute atomic E-state index is 4.53. The standard InChI is InChI=1S/C11H17N5/c1-6(2)12-11-15-9-10(16(11)5)14-8(4)7(3)13-9/h6H,1-5H3,(H,12,13,15)/p+1. The number of anilines is 1. The van der Waals surface area contributed by atoms with Gasteiger partial charge in [-0.2, -0.15) is 0 Å². The van der Waals surface area contributed by atoms with Gasteiger partial charge in [-0.25, -0.2) is 14.5 Å². The Kier molecular flexibility index (Phi) is 2.53. The number of nitrogens with one attached hydrogen (secondary N) is 2. The molecule has 0 saturated carbocycles. The second-order valence-electron chi connectivity index (χ2n) is 4.40. The summed E-state index contributed by atoms with van der Waals surface area (Å²) in [4.78, 5) is 12.3. The van der Waals surface area contributed by atoms with Gasteiger partial charge < -0.3 is 0 Å². The van der Waals surface area contributed by atoms with Gasteiger partial charge in [-0.05, 0) is 27.7 Å². The third kappa shape index (κ3) is 1.73. The lowest BCUT2D eigenvalue weighted by Crippen LogP contribution is -2.33. The molecular weight excluding hydrogens is 202 g/mol. The van der Waals surface area contributed by atoms with Crippen LogP contribution in [0.2, 0.25) is 0 Å². The molecule has 0 aliphatic rings. The van der Waals surface area contributed by atoms with E-state index in [4.69, 9.17) is 0 Å². The Hall–Kier alpha value is -1.65. The molecule has 2 rings (SSSR count). The van der Waals surface area contributed by atoms with Gasteiger partial charge in [0.25, 0.3) is 5.65 Å². The minimum absolute atomic E-state index is 0.376. The first kappa shape index (κ1) is 10.9. The number of nitrogens with zero attached hydrogens (tertiary/aromatic N) is 3. The van der Waals surface area contributed by atoms with E-state index in [0.29, 0.717) is 6.04 Å². The molecule has 2 heterocycles. The van der Waals surface area contributed by atoms with E-state index in [1.165, 1.54) is 0 Å². The van der Waals surface area contributed by atoms with Crippen LogP contribution < -0.4 is 9.88 Å². The molecular formula is C11H18N5+. The second kappa shape index (κ2) is 3.73. The van der Waals surface area contributed by atoms with Gasteiger partial charge in [-0.3, -0.25) is 5.32 Å². The number of aromatic amines is 1. The van der Waals surface area contributed by atoms with Crippen molar-refractivity contribution in [2.24, 2.45) is 7.05 Å². The van der Waals surface area contributed by atoms with Crippen LogP contribution in [0.1, 0.15) is 25.2 Å². The Bertz CT molecular complexity index is 527. The van der Waals surface area contributed by atoms with Crippen LogP contribution in [0, 0.1) is 13.8 Å². The maximum Gasteiger partial charge on any atom is 0.316 e. The molecule has 5 nitrogen and oxygen atoms in total. The Morgan fingerprint density at radius 2 is 1.81 bits per heavy atom. The van der Waals surface area contributed by atoms with Crippen LogP contribution >= 0.6 is 0 Å². The quantitative estimate of drug-likeness (QED) is 0.748. The minimum Gasteiger partial charge on any atom is -0.295 e. The molecule has 2 N–H and O–H groups in total. The van der Waals surface area contributed by atoms with Crippen molar-refractivity contribution in [1.82, 2.24) is 15.0 Å². The molecule has 2 aromatic rings. The van der Waals surface area contributed by atoms with Crippen molar-refractivity contribution in [3.05, 3.63) is 11.4 Å². The first-order chi connectivity index (χ1) is 7.49. The molecule has 0 amide bonds. The van der Waals surface area contributed by atoms with E-state index in [1.54, 1.807) is 0 Å². The molecule has 0 spiro atoms. The zero-order valence-electron chi connectivity index (χ0n) is 10.4. The van der Waals surface area contributed by atoms with Gasteiger partial charge in [0.15, 0.2) is 0 Å². The normalized spacial score (nSPS) is 11.4. The maximum atomic E-state index is 4.53. The zero-order chi connectivity index (χ0) is 11.9. The lowest BCUT2D eigenvalue weighted by atomic mass is 10.3. The minimum atomic E-state index is 0.376. The fourth-order valence-electron chi connectivity index (χ4n) is 1.62. The molecule has 0 fully saturated rings. The molecule has 0 atom stereocenters. The van der Waals surface area contributed by atoms with Crippen molar-refractivity contribution in [2.45, 2.75) is 33.7 Å². The summed E-state index contributed by atoms with van der Waals surface area (Å²) < 4.78 is 1.99. The van der Waals surface area contributed by atoms with Gasteiger partial charge in [-0.15, -0.1) is 4.98 Å². The van der Waals surface area contributed by atoms with E-state index < -0.39 is 0 Å². The van der Waals surface area contributed by atoms with E-state index in [-0.39, 0.29) is 0 Å². The summed E-state index contributed by atoms with van der Waals surface area (Å²) in [5, 5.41) is 3.33. The molecule has 5 heteroatoms. The summed E-state index contributed by atoms with van der Waals surface area (Å²) in [5.74, 6) is 0.940. The molecule has 0 aliphatic carbocycles. The van der Waals surface area contributed by atoms with E-state index in [0.717, 1.165) is 28.6 Å². The fourth-order valence-corrected chi connectivity index (χ4v) is 1.62. The lowest BCUT2D eigenvalue weighted by molar-refractivity contribution is -0.632. The average Bonchev–Trinajstić information content (AvgIpc) is 2.45. The summed E-state index contributed by atoms with van der Waals surface area (Å²) in [5.41, 5.74) is 3.64. The Morgan fingerprint density at radius 1 is 1.19 bits per heavy atom. The Morgan fingerprint density at radius 3 is 2.44 bits per heavy atom. The lowest BCUT2D eigenvalue weighted by Gasteiger charge is -2.02. The van der Waals surface area contributed by atoms with Crippen molar-refractivity contribution in [2.75, 3.05) is 5.32 Å². The number of rotatable bonds is 2. The highest BCUT2D eigenvalue weighted by Crippen LogP contribution is 2.10. The fraction of sp³-hybridized carbons (Fsp3) is 0.545. The average molecular weight is 220 g/mol. The van der Waals surface area contributed by atoms with Crippen molar-refractivity contribution < 1.29 is 4.57 Å². The number of hydrogen-bond donors (Lipinski definition) is 2. The highest BCUT2D eigenvalue weighted by atomic mass is 15.2. The summed E-state index contributed by atoms with van der Waals surface area (Å²) in [7, 11) is 1.98.